The molecule has 0 aliphatic heterocycles. The summed E-state index contributed by atoms with van der Waals surface area (Å²) in [5.74, 6) is -0.439. The lowest BCUT2D eigenvalue weighted by molar-refractivity contribution is 0.295. The minimum absolute atomic E-state index is 0.0944. The predicted molar refractivity (Wildman–Crippen MR) is 76.0 cm³/mol. The molecule has 0 spiro atoms. The van der Waals surface area contributed by atoms with Crippen molar-refractivity contribution in [3.63, 3.8) is 0 Å². The molecule has 1 N–H and O–H groups in total. The Balaban J connectivity index is 2.79. The zero-order valence-electron chi connectivity index (χ0n) is 11.1. The number of hydrogen-bond acceptors (Lipinski definition) is 2. The molecule has 0 radical (unpaired) electrons. The first-order valence-electron chi connectivity index (χ1n) is 5.87. The summed E-state index contributed by atoms with van der Waals surface area (Å²) >= 11 is 12.0. The first-order chi connectivity index (χ1) is 8.34. The van der Waals surface area contributed by atoms with Gasteiger partial charge in [0.2, 0.25) is 0 Å². The summed E-state index contributed by atoms with van der Waals surface area (Å²) in [6.45, 7) is 4.81. The highest BCUT2D eigenvalue weighted by Gasteiger charge is 2.17. The minimum Gasteiger partial charge on any atom is -0.309 e. The zero-order chi connectivity index (χ0) is 13.9. The molecule has 18 heavy (non-hydrogen) atoms. The Morgan fingerprint density at radius 1 is 1.28 bits per heavy atom. The molecule has 1 aromatic rings. The van der Waals surface area contributed by atoms with Crippen LogP contribution in [0.4, 0.5) is 4.39 Å². The molecule has 2 atom stereocenters. The second kappa shape index (κ2) is 6.71. The Labute approximate surface area is 118 Å². The van der Waals surface area contributed by atoms with Gasteiger partial charge >= 0.3 is 0 Å². The molecule has 0 bridgehead atoms. The van der Waals surface area contributed by atoms with Crippen molar-refractivity contribution in [2.45, 2.75) is 25.9 Å². The third kappa shape index (κ3) is 3.82. The van der Waals surface area contributed by atoms with Crippen molar-refractivity contribution >= 4 is 23.2 Å². The molecule has 0 saturated heterocycles. The van der Waals surface area contributed by atoms with Crippen LogP contribution in [0.5, 0.6) is 0 Å². The molecule has 0 saturated carbocycles. The van der Waals surface area contributed by atoms with E-state index < -0.39 is 5.82 Å². The van der Waals surface area contributed by atoms with Gasteiger partial charge in [-0.1, -0.05) is 23.2 Å². The van der Waals surface area contributed by atoms with Crippen LogP contribution in [0.3, 0.4) is 0 Å². The minimum atomic E-state index is -0.439. The Bertz CT molecular complexity index is 410. The van der Waals surface area contributed by atoms with E-state index in [1.807, 2.05) is 21.0 Å². The average Bonchev–Trinajstić information content (AvgIpc) is 2.31. The molecule has 2 nitrogen and oxygen atoms in total. The fourth-order valence-electron chi connectivity index (χ4n) is 1.57. The fraction of sp³-hybridized carbons (Fsp3) is 0.538. The predicted octanol–water partition coefficient (Wildman–Crippen LogP) is 3.73. The first kappa shape index (κ1) is 15.7. The molecule has 2 unspecified atom stereocenters. The average molecular weight is 293 g/mol. The highest BCUT2D eigenvalue weighted by molar-refractivity contribution is 6.36. The lowest BCUT2D eigenvalue weighted by Crippen LogP contribution is -2.36. The fourth-order valence-corrected chi connectivity index (χ4v) is 2.27. The maximum absolute atomic E-state index is 13.4. The molecule has 0 heterocycles. The Kier molecular flexibility index (Phi) is 5.86. The molecule has 1 aromatic carbocycles. The van der Waals surface area contributed by atoms with E-state index in [2.05, 4.69) is 17.1 Å². The van der Waals surface area contributed by atoms with Gasteiger partial charge in [-0.05, 0) is 40.1 Å². The number of nitrogens with zero attached hydrogens (tertiary/aromatic N) is 1. The molecular formula is C13H19Cl2FN2. The highest BCUT2D eigenvalue weighted by Crippen LogP contribution is 2.32. The largest absolute Gasteiger partial charge is 0.309 e. The van der Waals surface area contributed by atoms with Gasteiger partial charge in [0.25, 0.3) is 0 Å². The number of hydrogen-bond donors (Lipinski definition) is 1. The number of nitrogens with one attached hydrogen (secondary N) is 1. The van der Waals surface area contributed by atoms with Gasteiger partial charge < -0.3 is 10.2 Å². The van der Waals surface area contributed by atoms with Gasteiger partial charge in [0.05, 0.1) is 5.02 Å². The van der Waals surface area contributed by atoms with E-state index >= 15 is 0 Å². The van der Waals surface area contributed by atoms with E-state index in [1.54, 1.807) is 0 Å². The molecule has 0 aromatic heterocycles. The van der Waals surface area contributed by atoms with E-state index in [0.29, 0.717) is 16.6 Å². The molecular weight excluding hydrogens is 274 g/mol. The van der Waals surface area contributed by atoms with E-state index in [9.17, 15) is 4.39 Å². The molecule has 102 valence electrons. The Hall–Kier alpha value is -0.350. The topological polar surface area (TPSA) is 15.3 Å². The molecule has 0 aliphatic rings. The first-order valence-corrected chi connectivity index (χ1v) is 6.63. The summed E-state index contributed by atoms with van der Waals surface area (Å²) in [6, 6.07) is 3.09. The van der Waals surface area contributed by atoms with Crippen LogP contribution in [-0.4, -0.2) is 31.6 Å². The monoisotopic (exact) mass is 292 g/mol. The van der Waals surface area contributed by atoms with Crippen molar-refractivity contribution in [3.05, 3.63) is 33.6 Å². The third-order valence-corrected chi connectivity index (χ3v) is 3.83. The summed E-state index contributed by atoms with van der Waals surface area (Å²) in [7, 11) is 4.03. The van der Waals surface area contributed by atoms with Crippen LogP contribution < -0.4 is 5.32 Å². The molecule has 0 amide bonds. The van der Waals surface area contributed by atoms with Crippen molar-refractivity contribution in [2.75, 3.05) is 20.6 Å². The van der Waals surface area contributed by atoms with Crippen molar-refractivity contribution in [1.29, 1.82) is 0 Å². The van der Waals surface area contributed by atoms with Gasteiger partial charge in [0.1, 0.15) is 5.82 Å². The highest BCUT2D eigenvalue weighted by atomic mass is 35.5. The van der Waals surface area contributed by atoms with E-state index in [-0.39, 0.29) is 11.1 Å². The lowest BCUT2D eigenvalue weighted by atomic mass is 10.1. The van der Waals surface area contributed by atoms with Crippen LogP contribution in [0, 0.1) is 5.82 Å². The number of benzene rings is 1. The van der Waals surface area contributed by atoms with Gasteiger partial charge in [-0.2, -0.15) is 0 Å². The van der Waals surface area contributed by atoms with Crippen LogP contribution in [0.25, 0.3) is 0 Å². The molecule has 1 rings (SSSR count). The van der Waals surface area contributed by atoms with Gasteiger partial charge in [0, 0.05) is 29.2 Å². The maximum atomic E-state index is 13.4. The lowest BCUT2D eigenvalue weighted by Gasteiger charge is -2.24. The van der Waals surface area contributed by atoms with E-state index in [0.717, 1.165) is 6.54 Å². The standard InChI is InChI=1S/C13H19Cl2FN2/c1-8(18(3)4)7-17-9(2)12-10(14)5-6-11(16)13(12)15/h5-6,8-9,17H,7H2,1-4H3. The summed E-state index contributed by atoms with van der Waals surface area (Å²) < 4.78 is 13.4. The smallest absolute Gasteiger partial charge is 0.142 e. The SMILES string of the molecule is CC(NCC(C)N(C)C)c1c(Cl)ccc(F)c1Cl. The number of halogens is 3. The molecule has 0 fully saturated rings. The van der Waals surface area contributed by atoms with E-state index in [4.69, 9.17) is 23.2 Å². The number of rotatable bonds is 5. The van der Waals surface area contributed by atoms with Gasteiger partial charge in [-0.3, -0.25) is 0 Å². The molecule has 5 heteroatoms. The normalized spacial score (nSPS) is 14.9. The number of likely N-dealkylation sites (N-methyl/N-ethyl adjacent to an activating group) is 1. The third-order valence-electron chi connectivity index (χ3n) is 3.11. The van der Waals surface area contributed by atoms with Crippen LogP contribution in [0.1, 0.15) is 25.5 Å². The van der Waals surface area contributed by atoms with Gasteiger partial charge in [0.15, 0.2) is 0 Å². The van der Waals surface area contributed by atoms with Crippen LogP contribution in [-0.2, 0) is 0 Å². The van der Waals surface area contributed by atoms with Crippen molar-refractivity contribution < 1.29 is 4.39 Å². The summed E-state index contributed by atoms with van der Waals surface area (Å²) in [5, 5.41) is 3.89. The Morgan fingerprint density at radius 3 is 2.44 bits per heavy atom. The second-order valence-electron chi connectivity index (χ2n) is 4.70. The zero-order valence-corrected chi connectivity index (χ0v) is 12.6. The summed E-state index contributed by atoms with van der Waals surface area (Å²) in [6.07, 6.45) is 0. The van der Waals surface area contributed by atoms with Crippen molar-refractivity contribution in [3.8, 4) is 0 Å². The maximum Gasteiger partial charge on any atom is 0.142 e. The van der Waals surface area contributed by atoms with Crippen molar-refractivity contribution in [1.82, 2.24) is 10.2 Å². The summed E-state index contributed by atoms with van der Waals surface area (Å²) in [4.78, 5) is 2.11. The van der Waals surface area contributed by atoms with Crippen molar-refractivity contribution in [2.24, 2.45) is 0 Å². The summed E-state index contributed by atoms with van der Waals surface area (Å²) in [5.41, 5.74) is 0.615. The van der Waals surface area contributed by atoms with Crippen LogP contribution >= 0.6 is 23.2 Å². The van der Waals surface area contributed by atoms with Gasteiger partial charge in [-0.15, -0.1) is 0 Å². The van der Waals surface area contributed by atoms with E-state index in [1.165, 1.54) is 12.1 Å². The van der Waals surface area contributed by atoms with Crippen LogP contribution in [0.2, 0.25) is 10.0 Å². The molecule has 0 aliphatic carbocycles. The van der Waals surface area contributed by atoms with Gasteiger partial charge in [-0.25, -0.2) is 4.39 Å². The Morgan fingerprint density at radius 2 is 1.89 bits per heavy atom. The second-order valence-corrected chi connectivity index (χ2v) is 5.48. The quantitative estimate of drug-likeness (QED) is 0.832. The van der Waals surface area contributed by atoms with Crippen LogP contribution in [0.15, 0.2) is 12.1 Å².